The van der Waals surface area contributed by atoms with Crippen molar-refractivity contribution in [3.63, 3.8) is 0 Å². The summed E-state index contributed by atoms with van der Waals surface area (Å²) in [5.74, 6) is 2.10. The minimum atomic E-state index is 0.228. The molecule has 1 saturated carbocycles. The predicted molar refractivity (Wildman–Crippen MR) is 117 cm³/mol. The maximum absolute atomic E-state index is 6.55. The molecule has 0 saturated heterocycles. The molecular formula is C24H27ClN2O2. The molecular weight excluding hydrogens is 384 g/mol. The van der Waals surface area contributed by atoms with E-state index in [9.17, 15) is 0 Å². The highest BCUT2D eigenvalue weighted by Gasteiger charge is 2.38. The number of aromatic amines is 1. The molecule has 0 radical (unpaired) electrons. The SMILES string of the molecule is COc1ccc(CC2NC3CCCCC3c3c2[nH]c2c(Cl)cccc32)cc1OC. The average molecular weight is 411 g/mol. The molecule has 152 valence electrons. The van der Waals surface area contributed by atoms with Gasteiger partial charge in [0.05, 0.1) is 30.8 Å². The normalized spacial score (nSPS) is 23.5. The van der Waals surface area contributed by atoms with E-state index < -0.39 is 0 Å². The quantitative estimate of drug-likeness (QED) is 0.575. The van der Waals surface area contributed by atoms with Gasteiger partial charge in [-0.15, -0.1) is 0 Å². The van der Waals surface area contributed by atoms with Crippen LogP contribution in [-0.4, -0.2) is 25.2 Å². The molecule has 2 N–H and O–H groups in total. The molecule has 1 aromatic heterocycles. The maximum atomic E-state index is 6.55. The highest BCUT2D eigenvalue weighted by atomic mass is 35.5. The topological polar surface area (TPSA) is 46.3 Å². The summed E-state index contributed by atoms with van der Waals surface area (Å²) in [5, 5.41) is 6.05. The molecule has 3 aromatic rings. The molecule has 5 rings (SSSR count). The molecule has 1 fully saturated rings. The number of methoxy groups -OCH3 is 2. The largest absolute Gasteiger partial charge is 0.493 e. The van der Waals surface area contributed by atoms with Gasteiger partial charge < -0.3 is 19.8 Å². The molecule has 0 amide bonds. The Morgan fingerprint density at radius 3 is 2.69 bits per heavy atom. The Morgan fingerprint density at radius 2 is 1.86 bits per heavy atom. The number of para-hydroxylation sites is 1. The van der Waals surface area contributed by atoms with Crippen LogP contribution in [0.3, 0.4) is 0 Å². The first-order valence-electron chi connectivity index (χ1n) is 10.5. The highest BCUT2D eigenvalue weighted by Crippen LogP contribution is 2.46. The van der Waals surface area contributed by atoms with Crippen LogP contribution >= 0.6 is 11.6 Å². The van der Waals surface area contributed by atoms with Crippen LogP contribution in [0.15, 0.2) is 36.4 Å². The number of H-pyrrole nitrogens is 1. The summed E-state index contributed by atoms with van der Waals surface area (Å²) in [6, 6.07) is 13.2. The van der Waals surface area contributed by atoms with Crippen LogP contribution in [0.25, 0.3) is 10.9 Å². The van der Waals surface area contributed by atoms with Crippen molar-refractivity contribution in [2.75, 3.05) is 14.2 Å². The third kappa shape index (κ3) is 3.19. The molecule has 2 aromatic carbocycles. The number of benzene rings is 2. The molecule has 2 heterocycles. The second-order valence-electron chi connectivity index (χ2n) is 8.22. The van der Waals surface area contributed by atoms with E-state index in [1.54, 1.807) is 14.2 Å². The van der Waals surface area contributed by atoms with Crippen LogP contribution in [0.5, 0.6) is 11.5 Å². The zero-order valence-corrected chi connectivity index (χ0v) is 17.7. The number of aromatic nitrogens is 1. The van der Waals surface area contributed by atoms with Gasteiger partial charge in [0.2, 0.25) is 0 Å². The van der Waals surface area contributed by atoms with Crippen molar-refractivity contribution in [2.24, 2.45) is 0 Å². The van der Waals surface area contributed by atoms with Crippen molar-refractivity contribution in [2.45, 2.75) is 50.1 Å². The van der Waals surface area contributed by atoms with Gasteiger partial charge in [-0.05, 0) is 48.6 Å². The first-order chi connectivity index (χ1) is 14.2. The van der Waals surface area contributed by atoms with Crippen molar-refractivity contribution in [1.29, 1.82) is 0 Å². The fraction of sp³-hybridized carbons (Fsp3) is 0.417. The van der Waals surface area contributed by atoms with E-state index in [1.165, 1.54) is 47.9 Å². The van der Waals surface area contributed by atoms with E-state index in [1.807, 2.05) is 12.1 Å². The monoisotopic (exact) mass is 410 g/mol. The molecule has 3 atom stereocenters. The van der Waals surface area contributed by atoms with Gasteiger partial charge in [-0.25, -0.2) is 0 Å². The van der Waals surface area contributed by atoms with Crippen molar-refractivity contribution < 1.29 is 9.47 Å². The Hall–Kier alpha value is -2.17. The van der Waals surface area contributed by atoms with E-state index in [4.69, 9.17) is 21.1 Å². The number of nitrogens with one attached hydrogen (secondary N) is 2. The van der Waals surface area contributed by atoms with Gasteiger partial charge in [0.25, 0.3) is 0 Å². The van der Waals surface area contributed by atoms with Crippen LogP contribution in [0, 0.1) is 0 Å². The minimum Gasteiger partial charge on any atom is -0.493 e. The summed E-state index contributed by atoms with van der Waals surface area (Å²) in [6.45, 7) is 0. The van der Waals surface area contributed by atoms with Gasteiger partial charge >= 0.3 is 0 Å². The lowest BCUT2D eigenvalue weighted by atomic mass is 9.74. The van der Waals surface area contributed by atoms with Crippen molar-refractivity contribution in [1.82, 2.24) is 10.3 Å². The Labute approximate surface area is 176 Å². The maximum Gasteiger partial charge on any atom is 0.160 e. The molecule has 29 heavy (non-hydrogen) atoms. The van der Waals surface area contributed by atoms with Gasteiger partial charge in [0.15, 0.2) is 11.5 Å². The fourth-order valence-electron chi connectivity index (χ4n) is 5.32. The zero-order valence-electron chi connectivity index (χ0n) is 16.9. The van der Waals surface area contributed by atoms with Crippen LogP contribution in [0.4, 0.5) is 0 Å². The summed E-state index contributed by atoms with van der Waals surface area (Å²) < 4.78 is 10.9. The molecule has 0 bridgehead atoms. The van der Waals surface area contributed by atoms with Crippen molar-refractivity contribution in [3.8, 4) is 11.5 Å². The molecule has 0 spiro atoms. The Balaban J connectivity index is 1.58. The van der Waals surface area contributed by atoms with Gasteiger partial charge in [0.1, 0.15) is 0 Å². The molecule has 2 aliphatic rings. The Bertz CT molecular complexity index is 1040. The number of ether oxygens (including phenoxy) is 2. The summed E-state index contributed by atoms with van der Waals surface area (Å²) in [5.41, 5.74) is 5.08. The van der Waals surface area contributed by atoms with E-state index in [0.717, 1.165) is 28.5 Å². The van der Waals surface area contributed by atoms with E-state index >= 15 is 0 Å². The third-order valence-corrected chi connectivity index (χ3v) is 6.96. The minimum absolute atomic E-state index is 0.228. The summed E-state index contributed by atoms with van der Waals surface area (Å²) in [4.78, 5) is 3.69. The molecule has 1 aliphatic carbocycles. The number of hydrogen-bond donors (Lipinski definition) is 2. The third-order valence-electron chi connectivity index (χ3n) is 6.64. The van der Waals surface area contributed by atoms with Gasteiger partial charge in [-0.3, -0.25) is 0 Å². The molecule has 1 aliphatic heterocycles. The summed E-state index contributed by atoms with van der Waals surface area (Å²) in [6.07, 6.45) is 5.97. The first-order valence-corrected chi connectivity index (χ1v) is 10.8. The van der Waals surface area contributed by atoms with E-state index in [-0.39, 0.29) is 6.04 Å². The Kier molecular flexibility index (Phi) is 4.92. The van der Waals surface area contributed by atoms with Crippen LogP contribution in [0.2, 0.25) is 5.02 Å². The second-order valence-corrected chi connectivity index (χ2v) is 8.63. The molecule has 5 heteroatoms. The lowest BCUT2D eigenvalue weighted by Crippen LogP contribution is -2.44. The second kappa shape index (κ2) is 7.58. The van der Waals surface area contributed by atoms with Crippen LogP contribution in [0.1, 0.15) is 54.5 Å². The average Bonchev–Trinajstić information content (AvgIpc) is 3.15. The number of halogens is 1. The van der Waals surface area contributed by atoms with Crippen molar-refractivity contribution >= 4 is 22.5 Å². The highest BCUT2D eigenvalue weighted by molar-refractivity contribution is 6.35. The fourth-order valence-corrected chi connectivity index (χ4v) is 5.54. The van der Waals surface area contributed by atoms with Crippen LogP contribution < -0.4 is 14.8 Å². The summed E-state index contributed by atoms with van der Waals surface area (Å²) in [7, 11) is 3.36. The van der Waals surface area contributed by atoms with Gasteiger partial charge in [0, 0.05) is 23.0 Å². The lowest BCUT2D eigenvalue weighted by Gasteiger charge is -2.41. The van der Waals surface area contributed by atoms with Crippen LogP contribution in [-0.2, 0) is 6.42 Å². The number of rotatable bonds is 4. The number of hydrogen-bond acceptors (Lipinski definition) is 3. The lowest BCUT2D eigenvalue weighted by molar-refractivity contribution is 0.274. The molecule has 4 nitrogen and oxygen atoms in total. The standard InChI is InChI=1S/C24H27ClN2O2/c1-28-20-11-10-14(13-21(20)29-2)12-19-24-22(15-6-3-4-9-18(15)26-19)16-7-5-8-17(25)23(16)27-24/h5,7-8,10-11,13,15,18-19,26-27H,3-4,6,9,12H2,1-2H3. The first kappa shape index (κ1) is 18.8. The van der Waals surface area contributed by atoms with Crippen molar-refractivity contribution in [3.05, 3.63) is 58.2 Å². The summed E-state index contributed by atoms with van der Waals surface area (Å²) >= 11 is 6.55. The molecule has 3 unspecified atom stereocenters. The zero-order chi connectivity index (χ0) is 20.0. The predicted octanol–water partition coefficient (Wildman–Crippen LogP) is 5.75. The van der Waals surface area contributed by atoms with Gasteiger partial charge in [-0.1, -0.05) is 42.6 Å². The Morgan fingerprint density at radius 1 is 1.03 bits per heavy atom. The van der Waals surface area contributed by atoms with E-state index in [0.29, 0.717) is 12.0 Å². The van der Waals surface area contributed by atoms with Gasteiger partial charge in [-0.2, -0.15) is 0 Å². The number of fused-ring (bicyclic) bond motifs is 5. The smallest absolute Gasteiger partial charge is 0.160 e. The van der Waals surface area contributed by atoms with E-state index in [2.05, 4.69) is 34.6 Å².